The van der Waals surface area contributed by atoms with Crippen LogP contribution in [0, 0.1) is 0 Å². The molecule has 0 unspecified atom stereocenters. The van der Waals surface area contributed by atoms with E-state index in [0.29, 0.717) is 22.1 Å². The minimum Gasteiger partial charge on any atom is -0.454 e. The summed E-state index contributed by atoms with van der Waals surface area (Å²) in [6.07, 6.45) is 0. The molecule has 2 aliphatic heterocycles. The lowest BCUT2D eigenvalue weighted by Crippen LogP contribution is -2.43. The van der Waals surface area contributed by atoms with Gasteiger partial charge in [-0.25, -0.2) is 4.79 Å². The molecular weight excluding hydrogens is 398 g/mol. The Bertz CT molecular complexity index is 1010. The van der Waals surface area contributed by atoms with E-state index < -0.39 is 29.9 Å². The zero-order valence-electron chi connectivity index (χ0n) is 15.5. The van der Waals surface area contributed by atoms with Crippen LogP contribution in [0.3, 0.4) is 0 Å². The van der Waals surface area contributed by atoms with Crippen molar-refractivity contribution in [1.29, 1.82) is 0 Å². The maximum Gasteiger partial charge on any atom is 0.325 e. The molecule has 4 amide bonds. The van der Waals surface area contributed by atoms with Gasteiger partial charge in [0, 0.05) is 11.6 Å². The van der Waals surface area contributed by atoms with Crippen molar-refractivity contribution >= 4 is 29.4 Å². The van der Waals surface area contributed by atoms with Crippen LogP contribution in [0.2, 0.25) is 5.02 Å². The summed E-state index contributed by atoms with van der Waals surface area (Å²) in [5.74, 6) is 0.0873. The first-order valence-corrected chi connectivity index (χ1v) is 9.30. The first-order valence-electron chi connectivity index (χ1n) is 8.93. The molecule has 0 aliphatic carbocycles. The lowest BCUT2D eigenvalue weighted by atomic mass is 9.91. The van der Waals surface area contributed by atoms with Crippen LogP contribution in [0.15, 0.2) is 42.5 Å². The molecule has 0 saturated carbocycles. The van der Waals surface area contributed by atoms with Crippen molar-refractivity contribution in [1.82, 2.24) is 15.5 Å². The number of fused-ring (bicyclic) bond motifs is 1. The van der Waals surface area contributed by atoms with Crippen molar-refractivity contribution in [2.24, 2.45) is 0 Å². The largest absolute Gasteiger partial charge is 0.454 e. The van der Waals surface area contributed by atoms with E-state index in [2.05, 4.69) is 10.6 Å². The first-order chi connectivity index (χ1) is 13.9. The smallest absolute Gasteiger partial charge is 0.325 e. The van der Waals surface area contributed by atoms with Gasteiger partial charge in [0.1, 0.15) is 12.1 Å². The van der Waals surface area contributed by atoms with Gasteiger partial charge in [-0.2, -0.15) is 0 Å². The van der Waals surface area contributed by atoms with Gasteiger partial charge in [0.25, 0.3) is 5.91 Å². The Morgan fingerprint density at radius 1 is 1.21 bits per heavy atom. The topological polar surface area (TPSA) is 97.0 Å². The molecule has 1 fully saturated rings. The quantitative estimate of drug-likeness (QED) is 0.729. The maximum absolute atomic E-state index is 13.0. The first kappa shape index (κ1) is 19.1. The lowest BCUT2D eigenvalue weighted by Gasteiger charge is -2.22. The van der Waals surface area contributed by atoms with Crippen molar-refractivity contribution in [3.05, 3.63) is 58.6 Å². The third kappa shape index (κ3) is 3.47. The second kappa shape index (κ2) is 7.29. The minimum absolute atomic E-state index is 0.105. The molecule has 0 spiro atoms. The van der Waals surface area contributed by atoms with E-state index in [1.54, 1.807) is 43.3 Å². The van der Waals surface area contributed by atoms with Crippen molar-refractivity contribution < 1.29 is 23.9 Å². The highest BCUT2D eigenvalue weighted by molar-refractivity contribution is 6.31. The van der Waals surface area contributed by atoms with Gasteiger partial charge in [0.2, 0.25) is 12.7 Å². The molecule has 2 aromatic carbocycles. The third-order valence-electron chi connectivity index (χ3n) is 4.96. The summed E-state index contributed by atoms with van der Waals surface area (Å²) in [4.78, 5) is 38.6. The molecule has 29 heavy (non-hydrogen) atoms. The molecule has 4 rings (SSSR count). The summed E-state index contributed by atoms with van der Waals surface area (Å²) in [6, 6.07) is 11.5. The summed E-state index contributed by atoms with van der Waals surface area (Å²) in [7, 11) is 0. The number of nitrogens with zero attached hydrogens (tertiary/aromatic N) is 1. The summed E-state index contributed by atoms with van der Waals surface area (Å²) in [5.41, 5.74) is -0.0230. The molecule has 8 nitrogen and oxygen atoms in total. The van der Waals surface area contributed by atoms with Crippen molar-refractivity contribution in [2.75, 3.05) is 13.3 Å². The van der Waals surface area contributed by atoms with E-state index in [1.807, 2.05) is 6.07 Å². The average molecular weight is 416 g/mol. The van der Waals surface area contributed by atoms with Gasteiger partial charge in [-0.3, -0.25) is 14.5 Å². The van der Waals surface area contributed by atoms with Gasteiger partial charge < -0.3 is 20.1 Å². The van der Waals surface area contributed by atoms with Gasteiger partial charge >= 0.3 is 6.03 Å². The van der Waals surface area contributed by atoms with Crippen molar-refractivity contribution in [2.45, 2.75) is 19.0 Å². The molecule has 150 valence electrons. The highest BCUT2D eigenvalue weighted by Crippen LogP contribution is 2.37. The van der Waals surface area contributed by atoms with Gasteiger partial charge in [-0.15, -0.1) is 0 Å². The second-order valence-corrected chi connectivity index (χ2v) is 7.29. The molecule has 0 aromatic heterocycles. The van der Waals surface area contributed by atoms with Crippen LogP contribution in [0.4, 0.5) is 4.79 Å². The Labute approximate surface area is 171 Å². The number of amides is 4. The molecule has 1 saturated heterocycles. The Kier molecular flexibility index (Phi) is 4.79. The van der Waals surface area contributed by atoms with Crippen LogP contribution in [0.25, 0.3) is 0 Å². The van der Waals surface area contributed by atoms with E-state index in [-0.39, 0.29) is 13.3 Å². The molecule has 9 heteroatoms. The van der Waals surface area contributed by atoms with E-state index in [4.69, 9.17) is 21.1 Å². The Hall–Kier alpha value is -3.26. The summed E-state index contributed by atoms with van der Waals surface area (Å²) < 4.78 is 10.6. The fourth-order valence-electron chi connectivity index (χ4n) is 3.28. The van der Waals surface area contributed by atoms with Crippen LogP contribution >= 0.6 is 11.6 Å². The number of imide groups is 1. The number of hydrogen-bond donors (Lipinski definition) is 2. The molecule has 1 atom stereocenters. The van der Waals surface area contributed by atoms with Crippen molar-refractivity contribution in [3.8, 4) is 11.5 Å². The van der Waals surface area contributed by atoms with Crippen LogP contribution in [-0.4, -0.2) is 36.1 Å². The SMILES string of the molecule is C[C@]1(c2ccc3c(c2)OCO3)NC(=O)N(CC(=O)NCc2ccccc2Cl)C1=O. The van der Waals surface area contributed by atoms with Crippen LogP contribution in [0.1, 0.15) is 18.1 Å². The zero-order valence-corrected chi connectivity index (χ0v) is 16.3. The van der Waals surface area contributed by atoms with E-state index >= 15 is 0 Å². The van der Waals surface area contributed by atoms with E-state index in [9.17, 15) is 14.4 Å². The molecule has 2 heterocycles. The molecule has 2 aromatic rings. The number of carbonyl (C=O) groups is 3. The number of hydrogen-bond acceptors (Lipinski definition) is 5. The van der Waals surface area contributed by atoms with E-state index in [0.717, 1.165) is 10.5 Å². The highest BCUT2D eigenvalue weighted by Gasteiger charge is 2.49. The summed E-state index contributed by atoms with van der Waals surface area (Å²) in [6.45, 7) is 1.50. The summed E-state index contributed by atoms with van der Waals surface area (Å²) >= 11 is 6.07. The van der Waals surface area contributed by atoms with Gasteiger partial charge in [-0.05, 0) is 36.2 Å². The maximum atomic E-state index is 13.0. The second-order valence-electron chi connectivity index (χ2n) is 6.88. The normalized spacial score (nSPS) is 20.0. The number of urea groups is 1. The van der Waals surface area contributed by atoms with Crippen LogP contribution < -0.4 is 20.1 Å². The Morgan fingerprint density at radius 3 is 2.76 bits per heavy atom. The molecule has 2 N–H and O–H groups in total. The number of ether oxygens (including phenoxy) is 2. The van der Waals surface area contributed by atoms with Crippen LogP contribution in [-0.2, 0) is 21.7 Å². The number of halogens is 1. The average Bonchev–Trinajstić information content (AvgIpc) is 3.26. The monoisotopic (exact) mass is 415 g/mol. The number of nitrogens with one attached hydrogen (secondary N) is 2. The van der Waals surface area contributed by atoms with Gasteiger partial charge in [0.15, 0.2) is 11.5 Å². The highest BCUT2D eigenvalue weighted by atomic mass is 35.5. The predicted molar refractivity (Wildman–Crippen MR) is 103 cm³/mol. The molecular formula is C20H18ClN3O5. The van der Waals surface area contributed by atoms with Crippen molar-refractivity contribution in [3.63, 3.8) is 0 Å². The predicted octanol–water partition coefficient (Wildman–Crippen LogP) is 2.15. The Morgan fingerprint density at radius 2 is 1.97 bits per heavy atom. The van der Waals surface area contributed by atoms with Crippen LogP contribution in [0.5, 0.6) is 11.5 Å². The minimum atomic E-state index is -1.30. The molecule has 0 radical (unpaired) electrons. The zero-order chi connectivity index (χ0) is 20.6. The van der Waals surface area contributed by atoms with Gasteiger partial charge in [0.05, 0.1) is 0 Å². The Balaban J connectivity index is 1.45. The van der Waals surface area contributed by atoms with E-state index in [1.165, 1.54) is 0 Å². The number of benzene rings is 2. The summed E-state index contributed by atoms with van der Waals surface area (Å²) in [5, 5.41) is 5.87. The number of carbonyl (C=O) groups excluding carboxylic acids is 3. The third-order valence-corrected chi connectivity index (χ3v) is 5.33. The lowest BCUT2D eigenvalue weighted by molar-refractivity contribution is -0.134. The fraction of sp³-hybridized carbons (Fsp3) is 0.250. The van der Waals surface area contributed by atoms with Gasteiger partial charge in [-0.1, -0.05) is 35.9 Å². The fourth-order valence-corrected chi connectivity index (χ4v) is 3.48. The molecule has 0 bridgehead atoms. The standard InChI is InChI=1S/C20H18ClN3O5/c1-20(13-6-7-15-16(8-13)29-11-28-15)18(26)24(19(27)23-20)10-17(25)22-9-12-4-2-3-5-14(12)21/h2-8H,9-11H2,1H3,(H,22,25)(H,23,27)/t20-/m1/s1. The number of rotatable bonds is 5. The molecule has 2 aliphatic rings.